The molecule has 1 aliphatic carbocycles. The van der Waals surface area contributed by atoms with E-state index in [9.17, 15) is 0 Å². The molecule has 0 aromatic heterocycles. The topological polar surface area (TPSA) is 53.6 Å². The molecular weight excluding hydrogens is 404 g/mol. The van der Waals surface area contributed by atoms with Crippen LogP contribution in [0.15, 0.2) is 77.7 Å². The van der Waals surface area contributed by atoms with E-state index in [1.165, 1.54) is 16.7 Å². The summed E-state index contributed by atoms with van der Waals surface area (Å²) in [6.45, 7) is 7.84. The van der Waals surface area contributed by atoms with Crippen LogP contribution in [-0.4, -0.2) is 18.8 Å². The molecule has 160 valence electrons. The third-order valence-corrected chi connectivity index (χ3v) is 7.50. The molecule has 2 aliphatic heterocycles. The van der Waals surface area contributed by atoms with Crippen molar-refractivity contribution in [2.45, 2.75) is 37.6 Å². The van der Waals surface area contributed by atoms with Gasteiger partial charge < -0.3 is 16.0 Å². The van der Waals surface area contributed by atoms with Crippen LogP contribution in [0.1, 0.15) is 43.4 Å². The minimum atomic E-state index is -0.0790. The summed E-state index contributed by atoms with van der Waals surface area (Å²) in [6.07, 6.45) is 4.70. The van der Waals surface area contributed by atoms with Crippen LogP contribution >= 0.6 is 11.6 Å². The molecule has 0 amide bonds. The highest BCUT2D eigenvalue weighted by Gasteiger charge is 2.52. The van der Waals surface area contributed by atoms with Crippen LogP contribution in [0.2, 0.25) is 5.02 Å². The van der Waals surface area contributed by atoms with Crippen molar-refractivity contribution in [2.75, 3.05) is 18.0 Å². The van der Waals surface area contributed by atoms with Crippen LogP contribution < -0.4 is 16.0 Å². The first-order valence-corrected chi connectivity index (χ1v) is 11.5. The molecule has 1 saturated carbocycles. The van der Waals surface area contributed by atoms with E-state index in [2.05, 4.69) is 71.2 Å². The molecule has 3 aliphatic rings. The third-order valence-electron chi connectivity index (χ3n) is 7.26. The molecule has 3 N–H and O–H groups in total. The van der Waals surface area contributed by atoms with Gasteiger partial charge in [-0.05, 0) is 61.1 Å². The van der Waals surface area contributed by atoms with Crippen molar-refractivity contribution in [1.82, 2.24) is 5.32 Å². The molecule has 1 spiro atoms. The number of anilines is 1. The molecule has 2 fully saturated rings. The molecule has 2 heterocycles. The summed E-state index contributed by atoms with van der Waals surface area (Å²) in [5, 5.41) is 4.54. The van der Waals surface area contributed by atoms with E-state index in [4.69, 9.17) is 17.3 Å². The summed E-state index contributed by atoms with van der Waals surface area (Å²) in [5.74, 6) is 1.21. The fourth-order valence-corrected chi connectivity index (χ4v) is 6.01. The van der Waals surface area contributed by atoms with Crippen LogP contribution in [0, 0.1) is 5.92 Å². The van der Waals surface area contributed by atoms with Crippen molar-refractivity contribution in [2.24, 2.45) is 16.6 Å². The Morgan fingerprint density at radius 3 is 2.87 bits per heavy atom. The number of nitrogens with two attached hydrogens (primary N) is 1. The second-order valence-electron chi connectivity index (χ2n) is 8.95. The molecule has 5 heteroatoms. The van der Waals surface area contributed by atoms with E-state index in [-0.39, 0.29) is 11.5 Å². The van der Waals surface area contributed by atoms with Gasteiger partial charge in [0.2, 0.25) is 0 Å². The summed E-state index contributed by atoms with van der Waals surface area (Å²) in [4.78, 5) is 6.86. The highest BCUT2D eigenvalue weighted by atomic mass is 35.5. The average molecular weight is 433 g/mol. The Hall–Kier alpha value is -2.56. The molecule has 0 radical (unpaired) electrons. The van der Waals surface area contributed by atoms with Crippen LogP contribution in [0.3, 0.4) is 0 Å². The van der Waals surface area contributed by atoms with E-state index < -0.39 is 0 Å². The molecule has 5 rings (SSSR count). The van der Waals surface area contributed by atoms with Crippen molar-refractivity contribution in [1.29, 1.82) is 0 Å². The highest BCUT2D eigenvalue weighted by molar-refractivity contribution is 6.30. The molecule has 3 atom stereocenters. The van der Waals surface area contributed by atoms with Gasteiger partial charge in [0.1, 0.15) is 5.82 Å². The first-order valence-electron chi connectivity index (χ1n) is 11.1. The smallest absolute Gasteiger partial charge is 0.109 e. The first-order chi connectivity index (χ1) is 15.0. The number of nitrogens with zero attached hydrogens (tertiary/aromatic N) is 2. The normalized spacial score (nSPS) is 30.3. The molecule has 0 unspecified atom stereocenters. The average Bonchev–Trinajstić information content (AvgIpc) is 3.46. The van der Waals surface area contributed by atoms with Crippen LogP contribution in [-0.2, 0) is 5.41 Å². The third kappa shape index (κ3) is 3.20. The number of rotatable bonds is 3. The number of hydrogen-bond acceptors (Lipinski definition) is 4. The fourth-order valence-electron chi connectivity index (χ4n) is 5.84. The second-order valence-corrected chi connectivity index (χ2v) is 9.39. The predicted molar refractivity (Wildman–Crippen MR) is 130 cm³/mol. The zero-order valence-corrected chi connectivity index (χ0v) is 18.7. The summed E-state index contributed by atoms with van der Waals surface area (Å²) in [7, 11) is 0. The van der Waals surface area contributed by atoms with Crippen molar-refractivity contribution in [3.8, 4) is 0 Å². The van der Waals surface area contributed by atoms with E-state index in [0.717, 1.165) is 54.6 Å². The maximum Gasteiger partial charge on any atom is 0.109 e. The van der Waals surface area contributed by atoms with Gasteiger partial charge in [-0.2, -0.15) is 0 Å². The summed E-state index contributed by atoms with van der Waals surface area (Å²) in [5.41, 5.74) is 12.8. The largest absolute Gasteiger partial charge is 0.385 e. The summed E-state index contributed by atoms with van der Waals surface area (Å²) in [6, 6.07) is 17.2. The van der Waals surface area contributed by atoms with Gasteiger partial charge >= 0.3 is 0 Å². The van der Waals surface area contributed by atoms with Crippen LogP contribution in [0.25, 0.3) is 0 Å². The van der Waals surface area contributed by atoms with Gasteiger partial charge in [-0.15, -0.1) is 0 Å². The lowest BCUT2D eigenvalue weighted by molar-refractivity contribution is 0.401. The number of nitrogens with one attached hydrogen (secondary N) is 1. The van der Waals surface area contributed by atoms with Crippen molar-refractivity contribution < 1.29 is 0 Å². The number of allylic oxidation sites excluding steroid dienone is 1. The fraction of sp³-hybridized carbons (Fsp3) is 0.346. The molecule has 4 nitrogen and oxygen atoms in total. The quantitative estimate of drug-likeness (QED) is 0.690. The Morgan fingerprint density at radius 1 is 1.29 bits per heavy atom. The number of halogens is 1. The molecule has 1 saturated heterocycles. The monoisotopic (exact) mass is 432 g/mol. The van der Waals surface area contributed by atoms with Crippen molar-refractivity contribution in [3.63, 3.8) is 0 Å². The van der Waals surface area contributed by atoms with E-state index in [1.807, 2.05) is 6.07 Å². The maximum absolute atomic E-state index is 6.92. The van der Waals surface area contributed by atoms with Crippen LogP contribution in [0.4, 0.5) is 5.69 Å². The van der Waals surface area contributed by atoms with Gasteiger partial charge in [0.05, 0.1) is 0 Å². The Morgan fingerprint density at radius 2 is 2.10 bits per heavy atom. The zero-order chi connectivity index (χ0) is 21.6. The van der Waals surface area contributed by atoms with Crippen molar-refractivity contribution in [3.05, 3.63) is 88.9 Å². The Labute approximate surface area is 189 Å². The number of fused-ring (bicyclic) bond motifs is 2. The minimum Gasteiger partial charge on any atom is -0.385 e. The first kappa shape index (κ1) is 20.3. The van der Waals surface area contributed by atoms with Crippen LogP contribution in [0.5, 0.6) is 0 Å². The van der Waals surface area contributed by atoms with E-state index in [0.29, 0.717) is 5.92 Å². The minimum absolute atomic E-state index is 0.0790. The Kier molecular flexibility index (Phi) is 5.15. The number of aliphatic imine (C=N–C) groups is 1. The van der Waals surface area contributed by atoms with Crippen molar-refractivity contribution >= 4 is 23.0 Å². The van der Waals surface area contributed by atoms with Gasteiger partial charge in [0.25, 0.3) is 0 Å². The van der Waals surface area contributed by atoms with Gasteiger partial charge in [0.15, 0.2) is 0 Å². The highest BCUT2D eigenvalue weighted by Crippen LogP contribution is 2.54. The van der Waals surface area contributed by atoms with E-state index >= 15 is 0 Å². The Balaban J connectivity index is 1.65. The number of hydrogen-bond donors (Lipinski definition) is 2. The summed E-state index contributed by atoms with van der Waals surface area (Å²) < 4.78 is 0. The lowest BCUT2D eigenvalue weighted by Crippen LogP contribution is -2.40. The maximum atomic E-state index is 6.92. The molecule has 2 aromatic carbocycles. The SMILES string of the molecule is C=C/N=C1/CC[C@@H](C)/C1=C(/N)N1C[C@]2(CCN[C@@H]2c2ccccc2)c2cc(Cl)ccc21. The standard InChI is InChI=1S/C26H29ClN4/c1-3-29-21-11-9-17(2)23(21)25(28)31-16-26(20-15-19(27)10-12-22(20)31)13-14-30-24(26)18-7-5-4-6-8-18/h3-8,10,12,15,17,24,30H,1,9,11,13-14,16,28H2,2H3/b25-23+,29-21-/t17-,24-,26-/m1/s1. The van der Waals surface area contributed by atoms with Gasteiger partial charge in [-0.1, -0.05) is 55.4 Å². The molecule has 31 heavy (non-hydrogen) atoms. The molecule has 2 aromatic rings. The van der Waals surface area contributed by atoms with E-state index in [1.54, 1.807) is 6.20 Å². The molecule has 0 bridgehead atoms. The predicted octanol–water partition coefficient (Wildman–Crippen LogP) is 5.32. The summed E-state index contributed by atoms with van der Waals surface area (Å²) >= 11 is 6.51. The van der Waals surface area contributed by atoms with Gasteiger partial charge in [0, 0.05) is 46.2 Å². The van der Waals surface area contributed by atoms with Gasteiger partial charge in [-0.3, -0.25) is 4.99 Å². The van der Waals surface area contributed by atoms with Gasteiger partial charge in [-0.25, -0.2) is 0 Å². The Bertz CT molecular complexity index is 1070. The lowest BCUT2D eigenvalue weighted by Gasteiger charge is -2.33. The number of benzene rings is 2. The second kappa shape index (κ2) is 7.85. The zero-order valence-electron chi connectivity index (χ0n) is 17.9. The molecular formula is C26H29ClN4. The lowest BCUT2D eigenvalue weighted by atomic mass is 9.73.